The average molecular weight is 807 g/mol. The molecule has 3 N–H and O–H groups in total. The molecule has 0 saturated carbocycles. The Morgan fingerprint density at radius 3 is 1.69 bits per heavy atom. The number of rotatable bonds is 9. The highest BCUT2D eigenvalue weighted by molar-refractivity contribution is 9.11. The van der Waals surface area contributed by atoms with E-state index < -0.39 is 0 Å². The molecule has 8 rings (SSSR count). The number of benzene rings is 2. The van der Waals surface area contributed by atoms with Gasteiger partial charge in [0.15, 0.2) is 11.3 Å². The lowest BCUT2D eigenvalue weighted by molar-refractivity contribution is 0.397. The molecule has 0 radical (unpaired) electrons. The zero-order chi connectivity index (χ0) is 35.2. The molecule has 12 nitrogen and oxygen atoms in total. The van der Waals surface area contributed by atoms with E-state index in [0.717, 1.165) is 65.5 Å². The van der Waals surface area contributed by atoms with E-state index in [2.05, 4.69) is 62.7 Å². The molecule has 2 aromatic carbocycles. The summed E-state index contributed by atoms with van der Waals surface area (Å²) >= 11 is 7.02. The molecule has 6 aromatic heterocycles. The van der Waals surface area contributed by atoms with Crippen LogP contribution in [0.15, 0.2) is 136 Å². The van der Waals surface area contributed by atoms with Gasteiger partial charge in [-0.15, -0.1) is 0 Å². The number of aromatic amines is 1. The first-order chi connectivity index (χ1) is 24.9. The number of hydrogen-bond donors (Lipinski definition) is 3. The van der Waals surface area contributed by atoms with Crippen LogP contribution < -0.4 is 20.9 Å². The maximum atomic E-state index is 11.2. The van der Waals surface area contributed by atoms with E-state index in [-0.39, 0.29) is 5.56 Å². The van der Waals surface area contributed by atoms with Crippen molar-refractivity contribution < 1.29 is 4.74 Å². The first-order valence-electron chi connectivity index (χ1n) is 15.8. The zero-order valence-electron chi connectivity index (χ0n) is 27.2. The Labute approximate surface area is 308 Å². The van der Waals surface area contributed by atoms with E-state index >= 15 is 0 Å². The molecule has 254 valence electrons. The van der Waals surface area contributed by atoms with Gasteiger partial charge < -0.3 is 20.4 Å². The quantitative estimate of drug-likeness (QED) is 0.134. The smallest absolute Gasteiger partial charge is 0.247 e. The molecule has 0 bridgehead atoms. The van der Waals surface area contributed by atoms with Gasteiger partial charge in [-0.3, -0.25) is 4.79 Å². The van der Waals surface area contributed by atoms with Crippen LogP contribution in [0.3, 0.4) is 0 Å². The van der Waals surface area contributed by atoms with Crippen LogP contribution in [0.25, 0.3) is 33.8 Å². The third kappa shape index (κ3) is 7.82. The summed E-state index contributed by atoms with van der Waals surface area (Å²) in [6.07, 6.45) is 6.96. The first-order valence-corrected chi connectivity index (χ1v) is 17.4. The van der Waals surface area contributed by atoms with Crippen molar-refractivity contribution in [3.05, 3.63) is 152 Å². The van der Waals surface area contributed by atoms with Crippen molar-refractivity contribution in [2.24, 2.45) is 0 Å². The topological polar surface area (TPSA) is 139 Å². The molecule has 0 unspecified atom stereocenters. The van der Waals surface area contributed by atoms with Gasteiger partial charge in [-0.05, 0) is 43.0 Å². The van der Waals surface area contributed by atoms with Crippen LogP contribution >= 0.6 is 31.9 Å². The van der Waals surface area contributed by atoms with Crippen LogP contribution in [0.4, 0.5) is 11.6 Å². The second-order valence-electron chi connectivity index (χ2n) is 11.2. The number of aromatic nitrogens is 8. The molecular formula is C37H30Br2N10O2. The fourth-order valence-electron chi connectivity index (χ4n) is 5.21. The number of fused-ring (bicyclic) bond motifs is 2. The monoisotopic (exact) mass is 804 g/mol. The molecular weight excluding hydrogens is 776 g/mol. The molecule has 0 spiro atoms. The zero-order valence-corrected chi connectivity index (χ0v) is 30.3. The van der Waals surface area contributed by atoms with Gasteiger partial charge in [-0.1, -0.05) is 72.8 Å². The van der Waals surface area contributed by atoms with E-state index in [9.17, 15) is 4.79 Å². The highest BCUT2D eigenvalue weighted by atomic mass is 79.9. The summed E-state index contributed by atoms with van der Waals surface area (Å²) in [5, 5.41) is 15.6. The summed E-state index contributed by atoms with van der Waals surface area (Å²) < 4.78 is 10.3. The van der Waals surface area contributed by atoms with Crippen LogP contribution in [0, 0.1) is 0 Å². The molecule has 0 atom stereocenters. The highest BCUT2D eigenvalue weighted by Crippen LogP contribution is 2.27. The number of H-pyrrole nitrogens is 1. The molecule has 0 fully saturated rings. The summed E-state index contributed by atoms with van der Waals surface area (Å²) in [7, 11) is 1.61. The summed E-state index contributed by atoms with van der Waals surface area (Å²) in [5.74, 6) is 2.28. The summed E-state index contributed by atoms with van der Waals surface area (Å²) in [4.78, 5) is 27.5. The Kier molecular flexibility index (Phi) is 10.1. The number of ether oxygens (including phenoxy) is 1. The molecule has 14 heteroatoms. The lowest BCUT2D eigenvalue weighted by Crippen LogP contribution is -2.09. The van der Waals surface area contributed by atoms with Gasteiger partial charge in [0.25, 0.3) is 0 Å². The fraction of sp³-hybridized carbons (Fsp3) is 0.0811. The average Bonchev–Trinajstić information content (AvgIpc) is 3.76. The number of methoxy groups -OCH3 is 1. The van der Waals surface area contributed by atoms with Gasteiger partial charge >= 0.3 is 0 Å². The van der Waals surface area contributed by atoms with Crippen molar-refractivity contribution in [2.75, 3.05) is 17.7 Å². The minimum Gasteiger partial charge on any atom is -0.481 e. The Morgan fingerprint density at radius 2 is 1.22 bits per heavy atom. The minimum atomic E-state index is -0.113. The molecule has 0 amide bonds. The van der Waals surface area contributed by atoms with Crippen LogP contribution in [-0.2, 0) is 13.1 Å². The summed E-state index contributed by atoms with van der Waals surface area (Å²) in [6, 6.07) is 31.2. The van der Waals surface area contributed by atoms with Crippen molar-refractivity contribution in [1.82, 2.24) is 39.2 Å². The Bertz CT molecular complexity index is 2450. The maximum absolute atomic E-state index is 11.2. The third-order valence-electron chi connectivity index (χ3n) is 7.80. The second-order valence-corrected chi connectivity index (χ2v) is 12.9. The number of nitrogens with one attached hydrogen (secondary N) is 3. The third-order valence-corrected chi connectivity index (χ3v) is 8.92. The second kappa shape index (κ2) is 15.4. The van der Waals surface area contributed by atoms with E-state index in [1.54, 1.807) is 47.0 Å². The standard InChI is InChI=1S/C19H16BrN5O.C18H14BrN5O/c1-26-18-8-7-13(11-22-18)10-21-17-9-16(14-5-3-2-4-6-14)24-19-15(20)12-23-25(17)19;19-14-11-22-24-16(20-9-12-6-7-17(25)21-10-12)8-15(23-18(14)24)13-4-2-1-3-5-13/h2-9,11-12,21H,10H2,1H3;1-8,10-11,20H,9H2,(H,21,25). The molecule has 6 heterocycles. The molecule has 0 saturated heterocycles. The molecule has 51 heavy (non-hydrogen) atoms. The molecule has 8 aromatic rings. The van der Waals surface area contributed by atoms with E-state index in [1.165, 1.54) is 6.07 Å². The highest BCUT2D eigenvalue weighted by Gasteiger charge is 2.13. The van der Waals surface area contributed by atoms with Crippen molar-refractivity contribution in [3.8, 4) is 28.4 Å². The first kappa shape index (κ1) is 33.6. The van der Waals surface area contributed by atoms with Crippen molar-refractivity contribution >= 4 is 54.8 Å². The van der Waals surface area contributed by atoms with E-state index in [4.69, 9.17) is 14.7 Å². The predicted molar refractivity (Wildman–Crippen MR) is 205 cm³/mol. The van der Waals surface area contributed by atoms with Gasteiger partial charge in [0.1, 0.15) is 11.6 Å². The SMILES string of the molecule is COc1ccc(CNc2cc(-c3ccccc3)nc3c(Br)cnn23)cn1.O=c1ccc(CNc2cc(-c3ccccc3)nc3c(Br)cnn23)c[nH]1. The lowest BCUT2D eigenvalue weighted by Gasteiger charge is -2.11. The molecule has 0 aliphatic rings. The number of anilines is 2. The van der Waals surface area contributed by atoms with Crippen molar-refractivity contribution in [1.29, 1.82) is 0 Å². The molecule has 0 aliphatic heterocycles. The summed E-state index contributed by atoms with van der Waals surface area (Å²) in [5.41, 5.74) is 7.24. The van der Waals surface area contributed by atoms with Gasteiger partial charge in [0.05, 0.1) is 39.8 Å². The van der Waals surface area contributed by atoms with Gasteiger partial charge in [0.2, 0.25) is 11.4 Å². The Hall–Kier alpha value is -5.86. The van der Waals surface area contributed by atoms with Crippen LogP contribution in [-0.4, -0.2) is 46.3 Å². The predicted octanol–water partition coefficient (Wildman–Crippen LogP) is 7.63. The van der Waals surface area contributed by atoms with Crippen LogP contribution in [0.2, 0.25) is 0 Å². The number of nitrogens with zero attached hydrogens (tertiary/aromatic N) is 7. The Balaban J connectivity index is 0.000000159. The largest absolute Gasteiger partial charge is 0.481 e. The number of hydrogen-bond acceptors (Lipinski definition) is 9. The maximum Gasteiger partial charge on any atom is 0.247 e. The normalized spacial score (nSPS) is 10.9. The fourth-order valence-corrected chi connectivity index (χ4v) is 5.91. The van der Waals surface area contributed by atoms with Crippen LogP contribution in [0.1, 0.15) is 11.1 Å². The number of pyridine rings is 2. The van der Waals surface area contributed by atoms with Gasteiger partial charge in [0, 0.05) is 60.9 Å². The van der Waals surface area contributed by atoms with Crippen molar-refractivity contribution in [3.63, 3.8) is 0 Å². The lowest BCUT2D eigenvalue weighted by atomic mass is 10.1. The molecule has 0 aliphatic carbocycles. The van der Waals surface area contributed by atoms with Gasteiger partial charge in [-0.25, -0.2) is 15.0 Å². The summed E-state index contributed by atoms with van der Waals surface area (Å²) in [6.45, 7) is 1.17. The Morgan fingerprint density at radius 1 is 0.686 bits per heavy atom. The van der Waals surface area contributed by atoms with E-state index in [1.807, 2.05) is 84.9 Å². The van der Waals surface area contributed by atoms with E-state index in [0.29, 0.717) is 19.0 Å². The number of halogens is 2. The van der Waals surface area contributed by atoms with Crippen LogP contribution in [0.5, 0.6) is 5.88 Å². The van der Waals surface area contributed by atoms with Gasteiger partial charge in [-0.2, -0.15) is 19.2 Å². The minimum absolute atomic E-state index is 0.113. The van der Waals surface area contributed by atoms with Crippen molar-refractivity contribution in [2.45, 2.75) is 13.1 Å².